The van der Waals surface area contributed by atoms with Gasteiger partial charge in [-0.2, -0.15) is 0 Å². The standard InChI is InChI=1S/C17H26N2O2/c1-7-12-9-8-10-13-14(12)19(11-17(5,6)18-13)15(20)21-16(2,3)4/h8-10,18H,7,11H2,1-6H3. The molecule has 0 aliphatic carbocycles. The lowest BCUT2D eigenvalue weighted by molar-refractivity contribution is 0.0573. The van der Waals surface area contributed by atoms with Gasteiger partial charge in [0.05, 0.1) is 17.9 Å². The van der Waals surface area contributed by atoms with E-state index >= 15 is 0 Å². The Morgan fingerprint density at radius 3 is 2.62 bits per heavy atom. The molecule has 0 saturated carbocycles. The lowest BCUT2D eigenvalue weighted by atomic mass is 9.97. The van der Waals surface area contributed by atoms with Gasteiger partial charge in [0.1, 0.15) is 5.60 Å². The van der Waals surface area contributed by atoms with Crippen molar-refractivity contribution in [3.8, 4) is 0 Å². The number of para-hydroxylation sites is 1. The second-order valence-electron chi connectivity index (χ2n) is 7.24. The van der Waals surface area contributed by atoms with E-state index in [4.69, 9.17) is 4.74 Å². The molecule has 4 heteroatoms. The third kappa shape index (κ3) is 3.49. The Kier molecular flexibility index (Phi) is 3.91. The molecule has 0 fully saturated rings. The number of nitrogens with one attached hydrogen (secondary N) is 1. The van der Waals surface area contributed by atoms with Gasteiger partial charge in [-0.15, -0.1) is 0 Å². The van der Waals surface area contributed by atoms with Crippen LogP contribution in [0.3, 0.4) is 0 Å². The van der Waals surface area contributed by atoms with Crippen LogP contribution in [0.2, 0.25) is 0 Å². The van der Waals surface area contributed by atoms with E-state index in [1.807, 2.05) is 32.9 Å². The van der Waals surface area contributed by atoms with Crippen molar-refractivity contribution in [2.45, 2.75) is 59.1 Å². The minimum Gasteiger partial charge on any atom is -0.443 e. The Balaban J connectivity index is 2.45. The Hall–Kier alpha value is -1.71. The molecule has 0 bridgehead atoms. The zero-order chi connectivity index (χ0) is 15.8. The number of benzene rings is 1. The summed E-state index contributed by atoms with van der Waals surface area (Å²) in [7, 11) is 0. The number of rotatable bonds is 1. The van der Waals surface area contributed by atoms with Crippen molar-refractivity contribution in [1.82, 2.24) is 0 Å². The fourth-order valence-electron chi connectivity index (χ4n) is 2.65. The van der Waals surface area contributed by atoms with Crippen LogP contribution >= 0.6 is 0 Å². The van der Waals surface area contributed by atoms with Crippen LogP contribution in [0.15, 0.2) is 18.2 Å². The summed E-state index contributed by atoms with van der Waals surface area (Å²) in [6, 6.07) is 6.11. The second-order valence-corrected chi connectivity index (χ2v) is 7.24. The topological polar surface area (TPSA) is 41.6 Å². The molecule has 1 N–H and O–H groups in total. The van der Waals surface area contributed by atoms with Gasteiger partial charge in [-0.25, -0.2) is 4.79 Å². The Labute approximate surface area is 127 Å². The summed E-state index contributed by atoms with van der Waals surface area (Å²) in [5.74, 6) is 0. The molecule has 0 aromatic heterocycles. The molecule has 21 heavy (non-hydrogen) atoms. The van der Waals surface area contributed by atoms with Gasteiger partial charge in [0.25, 0.3) is 0 Å². The summed E-state index contributed by atoms with van der Waals surface area (Å²) in [5.41, 5.74) is 2.43. The molecule has 0 spiro atoms. The largest absolute Gasteiger partial charge is 0.443 e. The molecule has 1 aliphatic rings. The Morgan fingerprint density at radius 2 is 2.05 bits per heavy atom. The normalized spacial score (nSPS) is 17.0. The summed E-state index contributed by atoms with van der Waals surface area (Å²) in [6.45, 7) is 12.5. The van der Waals surface area contributed by atoms with Gasteiger partial charge in [-0.1, -0.05) is 19.1 Å². The first-order valence-corrected chi connectivity index (χ1v) is 7.53. The van der Waals surface area contributed by atoms with Crippen molar-refractivity contribution in [2.75, 3.05) is 16.8 Å². The number of hydrogen-bond acceptors (Lipinski definition) is 3. The lowest BCUT2D eigenvalue weighted by Crippen LogP contribution is -2.52. The molecular formula is C17H26N2O2. The molecule has 0 saturated heterocycles. The van der Waals surface area contributed by atoms with Crippen molar-refractivity contribution in [3.63, 3.8) is 0 Å². The molecule has 1 amide bonds. The summed E-state index contributed by atoms with van der Waals surface area (Å²) in [5, 5.41) is 3.51. The van der Waals surface area contributed by atoms with E-state index in [2.05, 4.69) is 32.2 Å². The number of anilines is 2. The highest BCUT2D eigenvalue weighted by Gasteiger charge is 2.36. The Bertz CT molecular complexity index is 544. The third-order valence-electron chi connectivity index (χ3n) is 3.41. The first kappa shape index (κ1) is 15.7. The first-order valence-electron chi connectivity index (χ1n) is 7.53. The van der Waals surface area contributed by atoms with Crippen LogP contribution in [0.4, 0.5) is 16.2 Å². The zero-order valence-corrected chi connectivity index (χ0v) is 13.9. The van der Waals surface area contributed by atoms with Crippen LogP contribution in [-0.4, -0.2) is 23.8 Å². The average Bonchev–Trinajstić information content (AvgIpc) is 2.33. The minimum absolute atomic E-state index is 0.184. The second kappa shape index (κ2) is 5.24. The van der Waals surface area contributed by atoms with E-state index in [0.29, 0.717) is 6.54 Å². The van der Waals surface area contributed by atoms with E-state index < -0.39 is 5.60 Å². The van der Waals surface area contributed by atoms with Gasteiger partial charge in [-0.05, 0) is 52.7 Å². The molecule has 1 aromatic carbocycles. The predicted molar refractivity (Wildman–Crippen MR) is 87.1 cm³/mol. The monoisotopic (exact) mass is 290 g/mol. The minimum atomic E-state index is -0.493. The number of carbonyl (C=O) groups excluding carboxylic acids is 1. The molecule has 1 aromatic rings. The highest BCUT2D eigenvalue weighted by molar-refractivity contribution is 5.95. The van der Waals surface area contributed by atoms with Crippen molar-refractivity contribution in [2.24, 2.45) is 0 Å². The van der Waals surface area contributed by atoms with E-state index in [-0.39, 0.29) is 11.6 Å². The summed E-state index contributed by atoms with van der Waals surface area (Å²) < 4.78 is 5.59. The average molecular weight is 290 g/mol. The van der Waals surface area contributed by atoms with Crippen LogP contribution in [-0.2, 0) is 11.2 Å². The van der Waals surface area contributed by atoms with Crippen molar-refractivity contribution in [3.05, 3.63) is 23.8 Å². The van der Waals surface area contributed by atoms with Gasteiger partial charge in [0.15, 0.2) is 0 Å². The Morgan fingerprint density at radius 1 is 1.38 bits per heavy atom. The summed E-state index contributed by atoms with van der Waals surface area (Å²) in [4.78, 5) is 14.4. The van der Waals surface area contributed by atoms with Crippen LogP contribution < -0.4 is 10.2 Å². The maximum absolute atomic E-state index is 12.6. The van der Waals surface area contributed by atoms with E-state index in [1.165, 1.54) is 0 Å². The van der Waals surface area contributed by atoms with Crippen molar-refractivity contribution < 1.29 is 9.53 Å². The molecule has 0 atom stereocenters. The maximum Gasteiger partial charge on any atom is 0.414 e. The van der Waals surface area contributed by atoms with Gasteiger partial charge >= 0.3 is 6.09 Å². The van der Waals surface area contributed by atoms with Crippen molar-refractivity contribution in [1.29, 1.82) is 0 Å². The molecule has 0 radical (unpaired) electrons. The number of aryl methyl sites for hydroxylation is 1. The number of carbonyl (C=O) groups is 1. The van der Waals surface area contributed by atoms with E-state index in [9.17, 15) is 4.79 Å². The van der Waals surface area contributed by atoms with Gasteiger partial charge in [-0.3, -0.25) is 4.90 Å². The molecule has 1 aliphatic heterocycles. The van der Waals surface area contributed by atoms with Gasteiger partial charge < -0.3 is 10.1 Å². The highest BCUT2D eigenvalue weighted by Crippen LogP contribution is 2.38. The number of amides is 1. The number of ether oxygens (including phenoxy) is 1. The fourth-order valence-corrected chi connectivity index (χ4v) is 2.65. The highest BCUT2D eigenvalue weighted by atomic mass is 16.6. The van der Waals surface area contributed by atoms with Crippen LogP contribution in [0.1, 0.15) is 47.1 Å². The van der Waals surface area contributed by atoms with Gasteiger partial charge in [0.2, 0.25) is 0 Å². The van der Waals surface area contributed by atoms with Crippen LogP contribution in [0.25, 0.3) is 0 Å². The molecular weight excluding hydrogens is 264 g/mol. The van der Waals surface area contributed by atoms with E-state index in [0.717, 1.165) is 23.4 Å². The molecule has 4 nitrogen and oxygen atoms in total. The predicted octanol–water partition coefficient (Wildman–Crippen LogP) is 4.19. The quantitative estimate of drug-likeness (QED) is 0.843. The number of fused-ring (bicyclic) bond motifs is 1. The maximum atomic E-state index is 12.6. The van der Waals surface area contributed by atoms with Crippen LogP contribution in [0.5, 0.6) is 0 Å². The molecule has 116 valence electrons. The van der Waals surface area contributed by atoms with E-state index in [1.54, 1.807) is 4.90 Å². The molecule has 0 unspecified atom stereocenters. The number of hydrogen-bond donors (Lipinski definition) is 1. The fraction of sp³-hybridized carbons (Fsp3) is 0.588. The molecule has 1 heterocycles. The zero-order valence-electron chi connectivity index (χ0n) is 13.9. The van der Waals surface area contributed by atoms with Crippen molar-refractivity contribution >= 4 is 17.5 Å². The van der Waals surface area contributed by atoms with Gasteiger partial charge in [0, 0.05) is 5.54 Å². The first-order chi connectivity index (χ1) is 9.63. The summed E-state index contributed by atoms with van der Waals surface area (Å²) in [6.07, 6.45) is 0.601. The van der Waals surface area contributed by atoms with Crippen LogP contribution in [0, 0.1) is 0 Å². The smallest absolute Gasteiger partial charge is 0.414 e. The number of nitrogens with zero attached hydrogens (tertiary/aromatic N) is 1. The third-order valence-corrected chi connectivity index (χ3v) is 3.41. The summed E-state index contributed by atoms with van der Waals surface area (Å²) >= 11 is 0. The molecule has 2 rings (SSSR count). The lowest BCUT2D eigenvalue weighted by Gasteiger charge is -2.42. The SMILES string of the molecule is CCc1cccc2c1N(C(=O)OC(C)(C)C)CC(C)(C)N2.